The minimum Gasteiger partial charge on any atom is -0.495 e. The summed E-state index contributed by atoms with van der Waals surface area (Å²) in [4.78, 5) is 29.7. The molecule has 1 amide bonds. The summed E-state index contributed by atoms with van der Waals surface area (Å²) in [6, 6.07) is 11.2. The number of esters is 1. The number of benzene rings is 2. The summed E-state index contributed by atoms with van der Waals surface area (Å²) in [5, 5.41) is 0. The van der Waals surface area contributed by atoms with E-state index in [4.69, 9.17) is 9.47 Å². The minimum absolute atomic E-state index is 0.0484. The van der Waals surface area contributed by atoms with Crippen molar-refractivity contribution in [3.05, 3.63) is 57.9 Å². The van der Waals surface area contributed by atoms with Crippen LogP contribution in [0.15, 0.2) is 41.4 Å². The van der Waals surface area contributed by atoms with Gasteiger partial charge in [0.05, 0.1) is 18.4 Å². The van der Waals surface area contributed by atoms with Crippen LogP contribution in [0.4, 0.5) is 0 Å². The number of carbonyl (C=O) groups is 2. The normalized spacial score (nSPS) is 11.6. The second-order valence-electron chi connectivity index (χ2n) is 6.32. The highest BCUT2D eigenvalue weighted by Crippen LogP contribution is 2.27. The van der Waals surface area contributed by atoms with Gasteiger partial charge in [-0.2, -0.15) is 4.99 Å². The molecule has 0 unspecified atom stereocenters. The van der Waals surface area contributed by atoms with Crippen molar-refractivity contribution < 1.29 is 19.1 Å². The zero-order valence-electron chi connectivity index (χ0n) is 16.3. The zero-order valence-corrected chi connectivity index (χ0v) is 17.1. The van der Waals surface area contributed by atoms with E-state index in [1.54, 1.807) is 24.7 Å². The number of hydrogen-bond acceptors (Lipinski definition) is 5. The maximum absolute atomic E-state index is 12.8. The van der Waals surface area contributed by atoms with Gasteiger partial charge in [-0.05, 0) is 44.5 Å². The van der Waals surface area contributed by atoms with Gasteiger partial charge in [0.15, 0.2) is 4.80 Å². The molecule has 0 spiro atoms. The molecular weight excluding hydrogens is 376 g/mol. The molecule has 28 heavy (non-hydrogen) atoms. The molecule has 0 aliphatic heterocycles. The molecule has 0 radical (unpaired) electrons. The first-order valence-corrected chi connectivity index (χ1v) is 9.74. The van der Waals surface area contributed by atoms with Crippen LogP contribution in [0.5, 0.6) is 5.75 Å². The highest BCUT2D eigenvalue weighted by atomic mass is 32.1. The van der Waals surface area contributed by atoms with Crippen LogP contribution in [0, 0.1) is 13.8 Å². The lowest BCUT2D eigenvalue weighted by atomic mass is 10.1. The Labute approximate surface area is 167 Å². The van der Waals surface area contributed by atoms with E-state index in [-0.39, 0.29) is 19.1 Å². The second kappa shape index (κ2) is 8.39. The van der Waals surface area contributed by atoms with Gasteiger partial charge < -0.3 is 14.0 Å². The Balaban J connectivity index is 2.17. The van der Waals surface area contributed by atoms with Crippen LogP contribution in [0.2, 0.25) is 0 Å². The molecule has 0 aliphatic rings. The van der Waals surface area contributed by atoms with Gasteiger partial charge in [-0.25, -0.2) is 0 Å². The van der Waals surface area contributed by atoms with E-state index >= 15 is 0 Å². The van der Waals surface area contributed by atoms with Crippen molar-refractivity contribution in [2.24, 2.45) is 4.99 Å². The van der Waals surface area contributed by atoms with Crippen molar-refractivity contribution in [2.75, 3.05) is 13.7 Å². The third-order valence-corrected chi connectivity index (χ3v) is 5.33. The van der Waals surface area contributed by atoms with Crippen molar-refractivity contribution in [1.82, 2.24) is 4.57 Å². The molecule has 0 bridgehead atoms. The number of rotatable bonds is 5. The monoisotopic (exact) mass is 398 g/mol. The Morgan fingerprint density at radius 3 is 2.64 bits per heavy atom. The standard InChI is InChI=1S/C21H22N2O4S/c1-5-27-18(24)12-23-19-16(26-4)7-6-8-17(19)28-21(23)22-20(25)15-10-9-13(2)11-14(15)3/h6-11H,5,12H2,1-4H3. The quantitative estimate of drug-likeness (QED) is 0.616. The van der Waals surface area contributed by atoms with Crippen LogP contribution >= 0.6 is 11.3 Å². The minimum atomic E-state index is -0.395. The fourth-order valence-corrected chi connectivity index (χ4v) is 4.08. The van der Waals surface area contributed by atoms with Crippen molar-refractivity contribution in [3.63, 3.8) is 0 Å². The molecule has 2 aromatic carbocycles. The predicted molar refractivity (Wildman–Crippen MR) is 109 cm³/mol. The number of thiazole rings is 1. The second-order valence-corrected chi connectivity index (χ2v) is 7.33. The summed E-state index contributed by atoms with van der Waals surface area (Å²) in [6.07, 6.45) is 0. The highest BCUT2D eigenvalue weighted by Gasteiger charge is 2.16. The van der Waals surface area contributed by atoms with Crippen LogP contribution in [-0.2, 0) is 16.1 Å². The van der Waals surface area contributed by atoms with Gasteiger partial charge in [0, 0.05) is 5.56 Å². The SMILES string of the molecule is CCOC(=O)Cn1c(=NC(=O)c2ccc(C)cc2C)sc2cccc(OC)c21. The number of carbonyl (C=O) groups excluding carboxylic acids is 2. The molecule has 6 nitrogen and oxygen atoms in total. The number of aromatic nitrogens is 1. The van der Waals surface area contributed by atoms with E-state index in [1.165, 1.54) is 11.3 Å². The number of hydrogen-bond donors (Lipinski definition) is 0. The smallest absolute Gasteiger partial charge is 0.326 e. The van der Waals surface area contributed by atoms with E-state index in [0.717, 1.165) is 21.3 Å². The van der Waals surface area contributed by atoms with Gasteiger partial charge in [0.1, 0.15) is 17.8 Å². The molecule has 146 valence electrons. The van der Waals surface area contributed by atoms with Crippen molar-refractivity contribution in [3.8, 4) is 5.75 Å². The first-order valence-electron chi connectivity index (χ1n) is 8.93. The molecule has 0 saturated carbocycles. The van der Waals surface area contributed by atoms with Crippen LogP contribution < -0.4 is 9.54 Å². The zero-order chi connectivity index (χ0) is 20.3. The molecule has 1 aromatic heterocycles. The van der Waals surface area contributed by atoms with Gasteiger partial charge in [-0.1, -0.05) is 35.1 Å². The Morgan fingerprint density at radius 2 is 1.96 bits per heavy atom. The molecule has 0 N–H and O–H groups in total. The lowest BCUT2D eigenvalue weighted by molar-refractivity contribution is -0.143. The number of aryl methyl sites for hydroxylation is 2. The van der Waals surface area contributed by atoms with Crippen LogP contribution in [0.1, 0.15) is 28.4 Å². The number of ether oxygens (including phenoxy) is 2. The first kappa shape index (κ1) is 19.8. The summed E-state index contributed by atoms with van der Waals surface area (Å²) < 4.78 is 13.1. The summed E-state index contributed by atoms with van der Waals surface area (Å²) in [5.41, 5.74) is 3.20. The van der Waals surface area contributed by atoms with Crippen LogP contribution in [0.3, 0.4) is 0 Å². The Kier molecular flexibility index (Phi) is 5.94. The third kappa shape index (κ3) is 3.99. The van der Waals surface area contributed by atoms with E-state index in [0.29, 0.717) is 16.1 Å². The summed E-state index contributed by atoms with van der Waals surface area (Å²) in [7, 11) is 1.57. The number of nitrogens with zero attached hydrogens (tertiary/aromatic N) is 2. The van der Waals surface area contributed by atoms with Crippen molar-refractivity contribution in [2.45, 2.75) is 27.3 Å². The third-order valence-electron chi connectivity index (χ3n) is 4.29. The number of amides is 1. The average molecular weight is 398 g/mol. The van der Waals surface area contributed by atoms with Crippen LogP contribution in [0.25, 0.3) is 10.2 Å². The van der Waals surface area contributed by atoms with E-state index in [2.05, 4.69) is 4.99 Å². The molecule has 0 saturated heterocycles. The Morgan fingerprint density at radius 1 is 1.18 bits per heavy atom. The molecule has 3 aromatic rings. The molecule has 3 rings (SSSR count). The Bertz CT molecular complexity index is 1110. The van der Waals surface area contributed by atoms with Gasteiger partial charge in [0.2, 0.25) is 0 Å². The van der Waals surface area contributed by atoms with Gasteiger partial charge in [-0.3, -0.25) is 9.59 Å². The van der Waals surface area contributed by atoms with E-state index in [9.17, 15) is 9.59 Å². The largest absolute Gasteiger partial charge is 0.495 e. The summed E-state index contributed by atoms with van der Waals surface area (Å²) in [5.74, 6) is -0.132. The van der Waals surface area contributed by atoms with Gasteiger partial charge in [0.25, 0.3) is 5.91 Å². The molecule has 1 heterocycles. The average Bonchev–Trinajstić information content (AvgIpc) is 2.99. The summed E-state index contributed by atoms with van der Waals surface area (Å²) in [6.45, 7) is 5.85. The topological polar surface area (TPSA) is 69.9 Å². The first-order chi connectivity index (χ1) is 13.4. The van der Waals surface area contributed by atoms with Gasteiger partial charge >= 0.3 is 5.97 Å². The maximum atomic E-state index is 12.8. The lowest BCUT2D eigenvalue weighted by Crippen LogP contribution is -2.23. The lowest BCUT2D eigenvalue weighted by Gasteiger charge is -2.08. The maximum Gasteiger partial charge on any atom is 0.326 e. The van der Waals surface area contributed by atoms with Crippen LogP contribution in [-0.4, -0.2) is 30.2 Å². The van der Waals surface area contributed by atoms with Gasteiger partial charge in [-0.15, -0.1) is 0 Å². The van der Waals surface area contributed by atoms with E-state index < -0.39 is 5.97 Å². The van der Waals surface area contributed by atoms with Crippen molar-refractivity contribution in [1.29, 1.82) is 0 Å². The molecule has 0 fully saturated rings. The number of fused-ring (bicyclic) bond motifs is 1. The molecule has 0 atom stereocenters. The van der Waals surface area contributed by atoms with E-state index in [1.807, 2.05) is 44.2 Å². The Hall–Kier alpha value is -2.93. The number of para-hydroxylation sites is 1. The molecule has 0 aliphatic carbocycles. The summed E-state index contributed by atoms with van der Waals surface area (Å²) >= 11 is 1.33. The fourth-order valence-electron chi connectivity index (χ4n) is 3.03. The number of methoxy groups -OCH3 is 1. The fraction of sp³-hybridized carbons (Fsp3) is 0.286. The molecular formula is C21H22N2O4S. The van der Waals surface area contributed by atoms with Crippen molar-refractivity contribution >= 4 is 33.4 Å². The highest BCUT2D eigenvalue weighted by molar-refractivity contribution is 7.16. The molecule has 7 heteroatoms. The predicted octanol–water partition coefficient (Wildman–Crippen LogP) is 3.63.